The molecule has 1 atom stereocenters. The topological polar surface area (TPSA) is 68.3 Å². The average Bonchev–Trinajstić information content (AvgIpc) is 3.52. The lowest BCUT2D eigenvalue weighted by atomic mass is 10.1. The number of methoxy groups -OCH3 is 3. The Bertz CT molecular complexity index is 1150. The number of ether oxygens (including phenoxy) is 3. The van der Waals surface area contributed by atoms with Gasteiger partial charge in [-0.25, -0.2) is 0 Å². The molecule has 0 spiro atoms. The Kier molecular flexibility index (Phi) is 7.37. The molecule has 0 radical (unpaired) electrons. The molecule has 1 aliphatic heterocycles. The van der Waals surface area contributed by atoms with Gasteiger partial charge in [0.2, 0.25) is 11.8 Å². The lowest BCUT2D eigenvalue weighted by molar-refractivity contribution is -0.137. The molecule has 0 bridgehead atoms. The van der Waals surface area contributed by atoms with Crippen LogP contribution in [0.3, 0.4) is 0 Å². The SMILES string of the molecule is COc1ccccc1CN(Cc1cccs1)C(=O)C1CC(=O)N(c2ccc(OC)c(OC)c2)C1. The van der Waals surface area contributed by atoms with Gasteiger partial charge in [-0.3, -0.25) is 9.59 Å². The maximum Gasteiger partial charge on any atom is 0.228 e. The van der Waals surface area contributed by atoms with Crippen LogP contribution >= 0.6 is 11.3 Å². The molecule has 4 rings (SSSR count). The molecule has 2 amide bonds. The zero-order valence-corrected chi connectivity index (χ0v) is 20.3. The summed E-state index contributed by atoms with van der Waals surface area (Å²) in [6, 6.07) is 17.0. The summed E-state index contributed by atoms with van der Waals surface area (Å²) < 4.78 is 16.2. The summed E-state index contributed by atoms with van der Waals surface area (Å²) in [4.78, 5) is 31.2. The van der Waals surface area contributed by atoms with Crippen molar-refractivity contribution in [1.29, 1.82) is 0 Å². The highest BCUT2D eigenvalue weighted by Crippen LogP contribution is 2.35. The third-order valence-electron chi connectivity index (χ3n) is 5.95. The van der Waals surface area contributed by atoms with Crippen LogP contribution in [-0.4, -0.2) is 44.6 Å². The molecule has 178 valence electrons. The number of rotatable bonds is 9. The predicted molar refractivity (Wildman–Crippen MR) is 132 cm³/mol. The van der Waals surface area contributed by atoms with E-state index in [1.807, 2.05) is 52.7 Å². The van der Waals surface area contributed by atoms with E-state index in [0.29, 0.717) is 36.8 Å². The number of nitrogens with zero attached hydrogens (tertiary/aromatic N) is 2. The molecular weight excluding hydrogens is 452 g/mol. The van der Waals surface area contributed by atoms with Gasteiger partial charge in [0.15, 0.2) is 11.5 Å². The van der Waals surface area contributed by atoms with Crippen molar-refractivity contribution in [2.24, 2.45) is 5.92 Å². The summed E-state index contributed by atoms with van der Waals surface area (Å²) >= 11 is 1.61. The highest BCUT2D eigenvalue weighted by Gasteiger charge is 2.37. The summed E-state index contributed by atoms with van der Waals surface area (Å²) in [5, 5.41) is 2.00. The van der Waals surface area contributed by atoms with Crippen molar-refractivity contribution >= 4 is 28.8 Å². The van der Waals surface area contributed by atoms with Crippen molar-refractivity contribution in [3.8, 4) is 17.2 Å². The number of hydrogen-bond donors (Lipinski definition) is 0. The molecule has 34 heavy (non-hydrogen) atoms. The van der Waals surface area contributed by atoms with Crippen LogP contribution < -0.4 is 19.1 Å². The zero-order valence-electron chi connectivity index (χ0n) is 19.5. The Morgan fingerprint density at radius 3 is 2.44 bits per heavy atom. The first-order valence-corrected chi connectivity index (χ1v) is 11.9. The van der Waals surface area contributed by atoms with E-state index in [1.165, 1.54) is 0 Å². The minimum atomic E-state index is -0.435. The molecule has 0 saturated carbocycles. The molecule has 0 aliphatic carbocycles. The van der Waals surface area contributed by atoms with E-state index in [1.54, 1.807) is 49.7 Å². The quantitative estimate of drug-likeness (QED) is 0.455. The van der Waals surface area contributed by atoms with E-state index in [0.717, 1.165) is 16.2 Å². The summed E-state index contributed by atoms with van der Waals surface area (Å²) in [7, 11) is 4.75. The van der Waals surface area contributed by atoms with Gasteiger partial charge >= 0.3 is 0 Å². The molecule has 7 nitrogen and oxygen atoms in total. The van der Waals surface area contributed by atoms with Crippen LogP contribution in [0.15, 0.2) is 60.0 Å². The second-order valence-corrected chi connectivity index (χ2v) is 9.06. The van der Waals surface area contributed by atoms with Gasteiger partial charge in [-0.15, -0.1) is 11.3 Å². The zero-order chi connectivity index (χ0) is 24.1. The number of para-hydroxylation sites is 1. The van der Waals surface area contributed by atoms with Crippen molar-refractivity contribution < 1.29 is 23.8 Å². The van der Waals surface area contributed by atoms with Crippen molar-refractivity contribution in [3.05, 3.63) is 70.4 Å². The van der Waals surface area contributed by atoms with Gasteiger partial charge in [0.25, 0.3) is 0 Å². The number of thiophene rings is 1. The van der Waals surface area contributed by atoms with E-state index in [-0.39, 0.29) is 18.2 Å². The summed E-state index contributed by atoms with van der Waals surface area (Å²) in [5.41, 5.74) is 1.61. The fourth-order valence-corrected chi connectivity index (χ4v) is 4.93. The Labute approximate surface area is 203 Å². The molecule has 2 heterocycles. The van der Waals surface area contributed by atoms with Crippen LogP contribution in [-0.2, 0) is 22.7 Å². The molecule has 1 saturated heterocycles. The third kappa shape index (κ3) is 5.02. The Hall–Kier alpha value is -3.52. The van der Waals surface area contributed by atoms with E-state index < -0.39 is 5.92 Å². The Morgan fingerprint density at radius 1 is 0.971 bits per heavy atom. The maximum atomic E-state index is 13.7. The molecule has 1 fully saturated rings. The molecular formula is C26H28N2O5S. The maximum absolute atomic E-state index is 13.7. The number of anilines is 1. The van der Waals surface area contributed by atoms with Crippen molar-refractivity contribution in [2.45, 2.75) is 19.5 Å². The highest BCUT2D eigenvalue weighted by atomic mass is 32.1. The summed E-state index contributed by atoms with van der Waals surface area (Å²) in [6.07, 6.45) is 0.167. The molecule has 3 aromatic rings. The second-order valence-electron chi connectivity index (χ2n) is 8.03. The number of carbonyl (C=O) groups is 2. The molecule has 1 aromatic heterocycles. The van der Waals surface area contributed by atoms with Crippen molar-refractivity contribution in [1.82, 2.24) is 4.90 Å². The monoisotopic (exact) mass is 480 g/mol. The number of benzene rings is 2. The minimum Gasteiger partial charge on any atom is -0.496 e. The van der Waals surface area contributed by atoms with Crippen LogP contribution in [0.2, 0.25) is 0 Å². The fraction of sp³-hybridized carbons (Fsp3) is 0.308. The molecule has 1 aliphatic rings. The van der Waals surface area contributed by atoms with E-state index in [4.69, 9.17) is 14.2 Å². The van der Waals surface area contributed by atoms with Gasteiger partial charge in [0.05, 0.1) is 33.8 Å². The predicted octanol–water partition coefficient (Wildman–Crippen LogP) is 4.36. The van der Waals surface area contributed by atoms with Gasteiger partial charge in [0.1, 0.15) is 5.75 Å². The van der Waals surface area contributed by atoms with Crippen LogP contribution in [0.1, 0.15) is 16.9 Å². The number of carbonyl (C=O) groups excluding carboxylic acids is 2. The molecule has 1 unspecified atom stereocenters. The lowest BCUT2D eigenvalue weighted by Gasteiger charge is -2.26. The summed E-state index contributed by atoms with van der Waals surface area (Å²) in [6.45, 7) is 1.21. The van der Waals surface area contributed by atoms with Crippen molar-refractivity contribution in [3.63, 3.8) is 0 Å². The van der Waals surface area contributed by atoms with Crippen LogP contribution in [0.5, 0.6) is 17.2 Å². The van der Waals surface area contributed by atoms with E-state index in [2.05, 4.69) is 0 Å². The van der Waals surface area contributed by atoms with E-state index >= 15 is 0 Å². The normalized spacial score (nSPS) is 15.3. The van der Waals surface area contributed by atoms with Crippen LogP contribution in [0, 0.1) is 5.92 Å². The molecule has 8 heteroatoms. The molecule has 0 N–H and O–H groups in total. The van der Waals surface area contributed by atoms with Gasteiger partial charge in [-0.05, 0) is 29.6 Å². The van der Waals surface area contributed by atoms with Gasteiger partial charge in [-0.2, -0.15) is 0 Å². The minimum absolute atomic E-state index is 0.0457. The first kappa shape index (κ1) is 23.6. The second kappa shape index (κ2) is 10.6. The third-order valence-corrected chi connectivity index (χ3v) is 6.81. The van der Waals surface area contributed by atoms with Crippen molar-refractivity contribution in [2.75, 3.05) is 32.8 Å². The smallest absolute Gasteiger partial charge is 0.228 e. The van der Waals surface area contributed by atoms with Gasteiger partial charge < -0.3 is 24.0 Å². The van der Waals surface area contributed by atoms with E-state index in [9.17, 15) is 9.59 Å². The first-order valence-electron chi connectivity index (χ1n) is 11.0. The van der Waals surface area contributed by atoms with Crippen LogP contribution in [0.4, 0.5) is 5.69 Å². The van der Waals surface area contributed by atoms with Crippen LogP contribution in [0.25, 0.3) is 0 Å². The largest absolute Gasteiger partial charge is 0.496 e. The standard InChI is InChI=1S/C26H28N2O5S/c1-31-22-9-5-4-7-18(22)15-27(17-21-8-6-12-34-21)26(30)19-13-25(29)28(16-19)20-10-11-23(32-2)24(14-20)33-3/h4-12,14,19H,13,15-17H2,1-3H3. The first-order chi connectivity index (χ1) is 16.5. The Morgan fingerprint density at radius 2 is 1.74 bits per heavy atom. The highest BCUT2D eigenvalue weighted by molar-refractivity contribution is 7.09. The number of amides is 2. The summed E-state index contributed by atoms with van der Waals surface area (Å²) in [5.74, 6) is 1.30. The average molecular weight is 481 g/mol. The number of hydrogen-bond acceptors (Lipinski definition) is 6. The van der Waals surface area contributed by atoms with Gasteiger partial charge in [-0.1, -0.05) is 24.3 Å². The Balaban J connectivity index is 1.56. The fourth-order valence-electron chi connectivity index (χ4n) is 4.22. The lowest BCUT2D eigenvalue weighted by Crippen LogP contribution is -2.36. The van der Waals surface area contributed by atoms with Gasteiger partial charge in [0, 0.05) is 41.7 Å². The molecule has 2 aromatic carbocycles.